The van der Waals surface area contributed by atoms with Crippen molar-refractivity contribution in [3.63, 3.8) is 0 Å². The number of hydrogen-bond donors (Lipinski definition) is 1. The summed E-state index contributed by atoms with van der Waals surface area (Å²) in [6.45, 7) is 0.146. The highest BCUT2D eigenvalue weighted by atomic mass is 16.5. The fourth-order valence-corrected chi connectivity index (χ4v) is 2.54. The van der Waals surface area contributed by atoms with Gasteiger partial charge in [0.2, 0.25) is 0 Å². The highest BCUT2D eigenvalue weighted by Gasteiger charge is 2.46. The Kier molecular flexibility index (Phi) is 2.82. The maximum atomic E-state index is 9.60. The van der Waals surface area contributed by atoms with Crippen molar-refractivity contribution in [3.05, 3.63) is 30.1 Å². The number of ether oxygens (including phenoxy) is 2. The van der Waals surface area contributed by atoms with Crippen LogP contribution in [0.25, 0.3) is 10.8 Å². The summed E-state index contributed by atoms with van der Waals surface area (Å²) >= 11 is 0. The van der Waals surface area contributed by atoms with Gasteiger partial charge in [0.05, 0.1) is 26.5 Å². The standard InChI is InChI=1S/C15H17NO3/c1-18-12-7-10-3-6-16-14(15(9-17)4-5-15)11(10)8-13(12)19-2/h3,6-8,17H,4-5,9H2,1-2H3. The molecule has 0 unspecified atom stereocenters. The third-order valence-electron chi connectivity index (χ3n) is 3.93. The molecule has 1 N–H and O–H groups in total. The molecule has 0 aliphatic heterocycles. The molecule has 2 aromatic rings. The molecule has 0 saturated heterocycles. The van der Waals surface area contributed by atoms with Gasteiger partial charge in [-0.05, 0) is 36.4 Å². The quantitative estimate of drug-likeness (QED) is 0.915. The van der Waals surface area contributed by atoms with E-state index in [0.29, 0.717) is 11.5 Å². The van der Waals surface area contributed by atoms with E-state index in [2.05, 4.69) is 4.98 Å². The van der Waals surface area contributed by atoms with Crippen molar-refractivity contribution in [2.75, 3.05) is 20.8 Å². The second kappa shape index (κ2) is 4.38. The Morgan fingerprint density at radius 2 is 1.89 bits per heavy atom. The number of aliphatic hydroxyl groups excluding tert-OH is 1. The molecule has 1 aliphatic rings. The van der Waals surface area contributed by atoms with Gasteiger partial charge in [0.25, 0.3) is 0 Å². The van der Waals surface area contributed by atoms with E-state index in [1.807, 2.05) is 18.2 Å². The van der Waals surface area contributed by atoms with Gasteiger partial charge in [-0.25, -0.2) is 0 Å². The van der Waals surface area contributed by atoms with Crippen molar-refractivity contribution in [3.8, 4) is 11.5 Å². The number of rotatable bonds is 4. The summed E-state index contributed by atoms with van der Waals surface area (Å²) in [6, 6.07) is 5.85. The average molecular weight is 259 g/mol. The number of nitrogens with zero attached hydrogens (tertiary/aromatic N) is 1. The van der Waals surface area contributed by atoms with E-state index in [0.717, 1.165) is 29.3 Å². The SMILES string of the molecule is COc1cc2ccnc(C3(CO)CC3)c2cc1OC. The number of benzene rings is 1. The summed E-state index contributed by atoms with van der Waals surface area (Å²) in [5.41, 5.74) is 0.812. The molecule has 3 rings (SSSR count). The van der Waals surface area contributed by atoms with Crippen LogP contribution in [0, 0.1) is 0 Å². The third-order valence-corrected chi connectivity index (χ3v) is 3.93. The minimum absolute atomic E-state index is 0.146. The van der Waals surface area contributed by atoms with Crippen molar-refractivity contribution in [1.29, 1.82) is 0 Å². The maximum Gasteiger partial charge on any atom is 0.161 e. The summed E-state index contributed by atoms with van der Waals surface area (Å²) in [5, 5.41) is 11.7. The van der Waals surface area contributed by atoms with Gasteiger partial charge in [0, 0.05) is 17.0 Å². The zero-order valence-electron chi connectivity index (χ0n) is 11.1. The van der Waals surface area contributed by atoms with E-state index in [-0.39, 0.29) is 12.0 Å². The number of aliphatic hydroxyl groups is 1. The number of pyridine rings is 1. The Morgan fingerprint density at radius 1 is 1.21 bits per heavy atom. The topological polar surface area (TPSA) is 51.6 Å². The normalized spacial score (nSPS) is 16.4. The van der Waals surface area contributed by atoms with Gasteiger partial charge in [-0.15, -0.1) is 0 Å². The predicted octanol–water partition coefficient (Wildman–Crippen LogP) is 2.28. The van der Waals surface area contributed by atoms with Crippen molar-refractivity contribution in [1.82, 2.24) is 4.98 Å². The molecule has 1 saturated carbocycles. The lowest BCUT2D eigenvalue weighted by molar-refractivity contribution is 0.253. The second-order valence-electron chi connectivity index (χ2n) is 5.03. The van der Waals surface area contributed by atoms with E-state index >= 15 is 0 Å². The van der Waals surface area contributed by atoms with Crippen LogP contribution in [0.2, 0.25) is 0 Å². The Bertz CT molecular complexity index is 620. The van der Waals surface area contributed by atoms with Crippen molar-refractivity contribution in [2.45, 2.75) is 18.3 Å². The van der Waals surface area contributed by atoms with Crippen LogP contribution < -0.4 is 9.47 Å². The smallest absolute Gasteiger partial charge is 0.161 e. The first-order valence-electron chi connectivity index (χ1n) is 6.36. The third kappa shape index (κ3) is 1.83. The Morgan fingerprint density at radius 3 is 2.47 bits per heavy atom. The molecular formula is C15H17NO3. The second-order valence-corrected chi connectivity index (χ2v) is 5.03. The van der Waals surface area contributed by atoms with E-state index in [9.17, 15) is 5.11 Å². The van der Waals surface area contributed by atoms with Gasteiger partial charge >= 0.3 is 0 Å². The lowest BCUT2D eigenvalue weighted by atomic mass is 9.97. The zero-order chi connectivity index (χ0) is 13.5. The van der Waals surface area contributed by atoms with E-state index in [4.69, 9.17) is 9.47 Å². The summed E-state index contributed by atoms with van der Waals surface area (Å²) in [4.78, 5) is 4.49. The van der Waals surface area contributed by atoms with Crippen molar-refractivity contribution < 1.29 is 14.6 Å². The van der Waals surface area contributed by atoms with Crippen LogP contribution in [0.4, 0.5) is 0 Å². The van der Waals surface area contributed by atoms with Crippen LogP contribution in [-0.4, -0.2) is 30.9 Å². The van der Waals surface area contributed by atoms with Crippen LogP contribution in [0.1, 0.15) is 18.5 Å². The molecule has 0 atom stereocenters. The minimum atomic E-state index is -0.154. The first-order chi connectivity index (χ1) is 9.24. The fourth-order valence-electron chi connectivity index (χ4n) is 2.54. The number of hydrogen-bond acceptors (Lipinski definition) is 4. The Hall–Kier alpha value is -1.81. The maximum absolute atomic E-state index is 9.60. The van der Waals surface area contributed by atoms with Gasteiger partial charge in [-0.3, -0.25) is 4.98 Å². The molecule has 100 valence electrons. The lowest BCUT2D eigenvalue weighted by Crippen LogP contribution is -2.14. The molecule has 1 fully saturated rings. The highest BCUT2D eigenvalue weighted by molar-refractivity contribution is 5.89. The summed E-state index contributed by atoms with van der Waals surface area (Å²) < 4.78 is 10.7. The molecular weight excluding hydrogens is 242 g/mol. The summed E-state index contributed by atoms with van der Waals surface area (Å²) in [5.74, 6) is 1.40. The molecule has 4 heteroatoms. The minimum Gasteiger partial charge on any atom is -0.493 e. The van der Waals surface area contributed by atoms with Gasteiger partial charge in [0.15, 0.2) is 11.5 Å². The largest absolute Gasteiger partial charge is 0.493 e. The number of fused-ring (bicyclic) bond motifs is 1. The molecule has 4 nitrogen and oxygen atoms in total. The first kappa shape index (κ1) is 12.2. The molecule has 1 aliphatic carbocycles. The average Bonchev–Trinajstić information content (AvgIpc) is 3.26. The summed E-state index contributed by atoms with van der Waals surface area (Å²) in [6.07, 6.45) is 3.77. The highest BCUT2D eigenvalue weighted by Crippen LogP contribution is 2.49. The van der Waals surface area contributed by atoms with E-state index in [1.165, 1.54) is 0 Å². The van der Waals surface area contributed by atoms with E-state index in [1.54, 1.807) is 20.4 Å². The zero-order valence-corrected chi connectivity index (χ0v) is 11.1. The molecule has 0 spiro atoms. The predicted molar refractivity (Wildman–Crippen MR) is 72.8 cm³/mol. The van der Waals surface area contributed by atoms with Crippen LogP contribution >= 0.6 is 0 Å². The fraction of sp³-hybridized carbons (Fsp3) is 0.400. The number of aromatic nitrogens is 1. The molecule has 0 radical (unpaired) electrons. The van der Waals surface area contributed by atoms with Gasteiger partial charge < -0.3 is 14.6 Å². The Labute approximate surface area is 112 Å². The summed E-state index contributed by atoms with van der Waals surface area (Å²) in [7, 11) is 3.25. The lowest BCUT2D eigenvalue weighted by Gasteiger charge is -2.16. The first-order valence-corrected chi connectivity index (χ1v) is 6.36. The Balaban J connectivity index is 2.24. The molecule has 0 bridgehead atoms. The van der Waals surface area contributed by atoms with Crippen LogP contribution in [-0.2, 0) is 5.41 Å². The molecule has 1 aromatic carbocycles. The van der Waals surface area contributed by atoms with Crippen LogP contribution in [0.5, 0.6) is 11.5 Å². The van der Waals surface area contributed by atoms with Gasteiger partial charge in [-0.2, -0.15) is 0 Å². The van der Waals surface area contributed by atoms with Crippen LogP contribution in [0.3, 0.4) is 0 Å². The molecule has 1 heterocycles. The monoisotopic (exact) mass is 259 g/mol. The van der Waals surface area contributed by atoms with Gasteiger partial charge in [0.1, 0.15) is 0 Å². The van der Waals surface area contributed by atoms with Crippen molar-refractivity contribution >= 4 is 10.8 Å². The number of methoxy groups -OCH3 is 2. The van der Waals surface area contributed by atoms with E-state index < -0.39 is 0 Å². The molecule has 19 heavy (non-hydrogen) atoms. The molecule has 0 amide bonds. The van der Waals surface area contributed by atoms with Crippen molar-refractivity contribution in [2.24, 2.45) is 0 Å². The van der Waals surface area contributed by atoms with Crippen LogP contribution in [0.15, 0.2) is 24.4 Å². The molecule has 1 aromatic heterocycles. The van der Waals surface area contributed by atoms with Gasteiger partial charge in [-0.1, -0.05) is 0 Å².